The number of piperidine rings is 1. The Labute approximate surface area is 160 Å². The molecular weight excluding hydrogens is 409 g/mol. The highest BCUT2D eigenvalue weighted by atomic mass is 35.5. The molecule has 0 aliphatic carbocycles. The zero-order valence-corrected chi connectivity index (χ0v) is 16.1. The molecule has 1 fully saturated rings. The number of halogens is 4. The van der Waals surface area contributed by atoms with Crippen molar-refractivity contribution in [3.8, 4) is 0 Å². The minimum Gasteiger partial charge on any atom is -0.367 e. The third-order valence-corrected chi connectivity index (χ3v) is 5.64. The maximum atomic E-state index is 12.6. The van der Waals surface area contributed by atoms with E-state index in [1.54, 1.807) is 0 Å². The van der Waals surface area contributed by atoms with Crippen LogP contribution in [0.4, 0.5) is 19.0 Å². The number of carbonyl (C=O) groups excluding carboxylic acids is 1. The van der Waals surface area contributed by atoms with Crippen LogP contribution in [-0.4, -0.2) is 55.5 Å². The van der Waals surface area contributed by atoms with Crippen molar-refractivity contribution in [2.24, 2.45) is 0 Å². The van der Waals surface area contributed by atoms with Gasteiger partial charge in [-0.25, -0.2) is 13.4 Å². The largest absolute Gasteiger partial charge is 0.417 e. The number of carbonyl (C=O) groups is 1. The van der Waals surface area contributed by atoms with Crippen molar-refractivity contribution in [1.82, 2.24) is 14.6 Å². The number of pyridine rings is 1. The molecule has 152 valence electrons. The van der Waals surface area contributed by atoms with Crippen LogP contribution in [0.25, 0.3) is 0 Å². The summed E-state index contributed by atoms with van der Waals surface area (Å²) in [4.78, 5) is 15.9. The topological polar surface area (TPSA) is 91.4 Å². The Morgan fingerprint density at radius 3 is 2.67 bits per heavy atom. The normalized spacial score (nSPS) is 18.9. The number of amides is 1. The molecule has 27 heavy (non-hydrogen) atoms. The highest BCUT2D eigenvalue weighted by molar-refractivity contribution is 7.88. The van der Waals surface area contributed by atoms with Crippen LogP contribution in [0.3, 0.4) is 0 Å². The van der Waals surface area contributed by atoms with E-state index in [4.69, 9.17) is 11.6 Å². The Hall–Kier alpha value is -1.59. The molecule has 1 atom stereocenters. The summed E-state index contributed by atoms with van der Waals surface area (Å²) in [5, 5.41) is 5.17. The van der Waals surface area contributed by atoms with Gasteiger partial charge in [0, 0.05) is 25.8 Å². The monoisotopic (exact) mass is 428 g/mol. The molecule has 0 bridgehead atoms. The van der Waals surface area contributed by atoms with Gasteiger partial charge < -0.3 is 10.6 Å². The van der Waals surface area contributed by atoms with E-state index in [9.17, 15) is 26.4 Å². The van der Waals surface area contributed by atoms with Crippen molar-refractivity contribution in [2.45, 2.75) is 31.5 Å². The molecule has 1 aliphatic heterocycles. The molecule has 1 unspecified atom stereocenters. The Balaban J connectivity index is 1.87. The quantitative estimate of drug-likeness (QED) is 0.677. The minimum atomic E-state index is -4.53. The molecule has 1 aromatic heterocycles. The molecule has 0 radical (unpaired) electrons. The van der Waals surface area contributed by atoms with Gasteiger partial charge in [-0.2, -0.15) is 17.5 Å². The van der Waals surface area contributed by atoms with Crippen LogP contribution in [0.2, 0.25) is 5.02 Å². The molecule has 2 heterocycles. The molecule has 0 aromatic carbocycles. The van der Waals surface area contributed by atoms with E-state index in [2.05, 4.69) is 15.6 Å². The fraction of sp³-hybridized carbons (Fsp3) is 0.600. The lowest BCUT2D eigenvalue weighted by atomic mass is 10.0. The number of alkyl halides is 3. The molecule has 12 heteroatoms. The third-order valence-electron chi connectivity index (χ3n) is 4.07. The predicted octanol–water partition coefficient (Wildman–Crippen LogP) is 2.10. The molecule has 1 saturated heterocycles. The molecule has 2 rings (SSSR count). The van der Waals surface area contributed by atoms with Crippen LogP contribution in [-0.2, 0) is 21.0 Å². The predicted molar refractivity (Wildman–Crippen MR) is 94.9 cm³/mol. The minimum absolute atomic E-state index is 0.0642. The van der Waals surface area contributed by atoms with Gasteiger partial charge in [-0.3, -0.25) is 4.79 Å². The summed E-state index contributed by atoms with van der Waals surface area (Å²) in [5.74, 6) is -0.345. The molecule has 1 aliphatic rings. The Morgan fingerprint density at radius 1 is 1.37 bits per heavy atom. The van der Waals surface area contributed by atoms with Crippen LogP contribution in [0.15, 0.2) is 12.3 Å². The van der Waals surface area contributed by atoms with Gasteiger partial charge in [0.25, 0.3) is 0 Å². The fourth-order valence-corrected chi connectivity index (χ4v) is 4.13. The Bertz CT molecular complexity index is 789. The SMILES string of the molecule is CS(=O)(=O)N1CCCCC1C(=O)NCCNc1ncc(C(F)(F)F)cc1Cl. The Kier molecular flexibility index (Phi) is 6.92. The fourth-order valence-electron chi connectivity index (χ4n) is 2.77. The number of nitrogens with zero attached hydrogens (tertiary/aromatic N) is 2. The summed E-state index contributed by atoms with van der Waals surface area (Å²) in [7, 11) is -3.48. The second kappa shape index (κ2) is 8.61. The lowest BCUT2D eigenvalue weighted by Crippen LogP contribution is -2.52. The first-order valence-electron chi connectivity index (χ1n) is 8.21. The van der Waals surface area contributed by atoms with Crippen molar-refractivity contribution >= 4 is 33.3 Å². The highest BCUT2D eigenvalue weighted by Crippen LogP contribution is 2.32. The van der Waals surface area contributed by atoms with E-state index in [0.717, 1.165) is 18.7 Å². The van der Waals surface area contributed by atoms with Crippen LogP contribution >= 0.6 is 11.6 Å². The summed E-state index contributed by atoms with van der Waals surface area (Å²) in [6.45, 7) is 0.599. The molecule has 0 spiro atoms. The van der Waals surface area contributed by atoms with Crippen molar-refractivity contribution < 1.29 is 26.4 Å². The van der Waals surface area contributed by atoms with E-state index in [0.29, 0.717) is 25.6 Å². The zero-order chi connectivity index (χ0) is 20.2. The van der Waals surface area contributed by atoms with E-state index in [1.807, 2.05) is 0 Å². The van der Waals surface area contributed by atoms with E-state index < -0.39 is 33.7 Å². The first kappa shape index (κ1) is 21.7. The standard InChI is InChI=1S/C15H20ClF3N4O3S/c1-27(25,26)23-7-3-2-4-12(23)14(24)21-6-5-20-13-11(16)8-10(9-22-13)15(17,18)19/h8-9,12H,2-7H2,1H3,(H,20,22)(H,21,24). The van der Waals surface area contributed by atoms with E-state index in [1.165, 1.54) is 4.31 Å². The van der Waals surface area contributed by atoms with Gasteiger partial charge in [0.2, 0.25) is 15.9 Å². The van der Waals surface area contributed by atoms with Crippen molar-refractivity contribution in [3.05, 3.63) is 22.8 Å². The van der Waals surface area contributed by atoms with Gasteiger partial charge in [-0.1, -0.05) is 18.0 Å². The summed E-state index contributed by atoms with van der Waals surface area (Å²) in [6.07, 6.45) is -0.894. The zero-order valence-electron chi connectivity index (χ0n) is 14.5. The van der Waals surface area contributed by atoms with Crippen LogP contribution < -0.4 is 10.6 Å². The second-order valence-electron chi connectivity index (χ2n) is 6.16. The van der Waals surface area contributed by atoms with Crippen molar-refractivity contribution in [3.63, 3.8) is 0 Å². The van der Waals surface area contributed by atoms with Crippen LogP contribution in [0.1, 0.15) is 24.8 Å². The van der Waals surface area contributed by atoms with Gasteiger partial charge in [0.05, 0.1) is 16.8 Å². The maximum Gasteiger partial charge on any atom is 0.417 e. The summed E-state index contributed by atoms with van der Waals surface area (Å²) in [6, 6.07) is 0.0168. The smallest absolute Gasteiger partial charge is 0.367 e. The molecule has 1 aromatic rings. The van der Waals surface area contributed by atoms with Gasteiger partial charge in [0.15, 0.2) is 0 Å². The Morgan fingerprint density at radius 2 is 2.07 bits per heavy atom. The first-order chi connectivity index (χ1) is 12.5. The number of aromatic nitrogens is 1. The molecule has 7 nitrogen and oxygen atoms in total. The average Bonchev–Trinajstić information content (AvgIpc) is 2.58. The number of sulfonamides is 1. The maximum absolute atomic E-state index is 12.6. The molecule has 1 amide bonds. The number of rotatable bonds is 6. The van der Waals surface area contributed by atoms with Crippen molar-refractivity contribution in [2.75, 3.05) is 31.2 Å². The summed E-state index contributed by atoms with van der Waals surface area (Å²) in [5.41, 5.74) is -0.954. The van der Waals surface area contributed by atoms with Crippen LogP contribution in [0.5, 0.6) is 0 Å². The number of hydrogen-bond donors (Lipinski definition) is 2. The third kappa shape index (κ3) is 5.94. The summed E-state index contributed by atoms with van der Waals surface area (Å²) < 4.78 is 62.5. The first-order valence-corrected chi connectivity index (χ1v) is 10.4. The lowest BCUT2D eigenvalue weighted by Gasteiger charge is -2.32. The second-order valence-corrected chi connectivity index (χ2v) is 8.50. The molecule has 2 N–H and O–H groups in total. The van der Waals surface area contributed by atoms with E-state index in [-0.39, 0.29) is 23.9 Å². The number of hydrogen-bond acceptors (Lipinski definition) is 5. The average molecular weight is 429 g/mol. The lowest BCUT2D eigenvalue weighted by molar-refractivity contribution is -0.137. The number of nitrogens with one attached hydrogen (secondary N) is 2. The van der Waals surface area contributed by atoms with Crippen LogP contribution in [0, 0.1) is 0 Å². The highest BCUT2D eigenvalue weighted by Gasteiger charge is 2.34. The molecular formula is C15H20ClF3N4O3S. The van der Waals surface area contributed by atoms with Gasteiger partial charge >= 0.3 is 6.18 Å². The van der Waals surface area contributed by atoms with Crippen molar-refractivity contribution in [1.29, 1.82) is 0 Å². The summed E-state index contributed by atoms with van der Waals surface area (Å²) >= 11 is 5.78. The molecule has 0 saturated carbocycles. The number of anilines is 1. The van der Waals surface area contributed by atoms with E-state index >= 15 is 0 Å². The van der Waals surface area contributed by atoms with Gasteiger partial charge in [-0.05, 0) is 18.9 Å². The van der Waals surface area contributed by atoms with Gasteiger partial charge in [0.1, 0.15) is 11.9 Å². The van der Waals surface area contributed by atoms with Gasteiger partial charge in [-0.15, -0.1) is 0 Å².